The van der Waals surface area contributed by atoms with E-state index in [1.165, 1.54) is 12.8 Å². The molecule has 0 spiro atoms. The molecule has 0 aromatic carbocycles. The van der Waals surface area contributed by atoms with Gasteiger partial charge in [-0.3, -0.25) is 4.90 Å². The van der Waals surface area contributed by atoms with E-state index in [-0.39, 0.29) is 12.2 Å². The minimum atomic E-state index is -0.126. The maximum absolute atomic E-state index is 9.88. The van der Waals surface area contributed by atoms with E-state index in [0.29, 0.717) is 6.04 Å². The molecule has 14 heavy (non-hydrogen) atoms. The standard InChI is InChI=1S/C11H21NO2/c13-9-5-7-12(8-6-9)10-3-1-2-4-11(10)14/h9-11,13-14H,1-8H2/t10-,11-/m0/s1. The summed E-state index contributed by atoms with van der Waals surface area (Å²) in [6.07, 6.45) is 6.05. The largest absolute Gasteiger partial charge is 0.393 e. The van der Waals surface area contributed by atoms with Crippen LogP contribution in [-0.4, -0.2) is 46.5 Å². The van der Waals surface area contributed by atoms with Crippen LogP contribution >= 0.6 is 0 Å². The highest BCUT2D eigenvalue weighted by atomic mass is 16.3. The Morgan fingerprint density at radius 3 is 2.14 bits per heavy atom. The van der Waals surface area contributed by atoms with Crippen molar-refractivity contribution in [3.8, 4) is 0 Å². The molecule has 0 radical (unpaired) electrons. The van der Waals surface area contributed by atoms with Crippen molar-refractivity contribution in [3.63, 3.8) is 0 Å². The molecule has 1 heterocycles. The Balaban J connectivity index is 1.87. The SMILES string of the molecule is OC1CCN([C@H]2CCCC[C@@H]2O)CC1. The molecule has 0 unspecified atom stereocenters. The van der Waals surface area contributed by atoms with Crippen LogP contribution in [0.1, 0.15) is 38.5 Å². The summed E-state index contributed by atoms with van der Waals surface area (Å²) in [6.45, 7) is 1.92. The molecule has 0 bridgehead atoms. The average Bonchev–Trinajstić information content (AvgIpc) is 2.20. The lowest BCUT2D eigenvalue weighted by Gasteiger charge is -2.40. The van der Waals surface area contributed by atoms with Gasteiger partial charge in [-0.25, -0.2) is 0 Å². The normalized spacial score (nSPS) is 37.3. The smallest absolute Gasteiger partial charge is 0.0695 e. The van der Waals surface area contributed by atoms with Gasteiger partial charge in [0.15, 0.2) is 0 Å². The summed E-state index contributed by atoms with van der Waals surface area (Å²) >= 11 is 0. The lowest BCUT2D eigenvalue weighted by Crippen LogP contribution is -2.49. The van der Waals surface area contributed by atoms with Gasteiger partial charge < -0.3 is 10.2 Å². The highest BCUT2D eigenvalue weighted by Gasteiger charge is 2.30. The number of aliphatic hydroxyl groups excluding tert-OH is 2. The van der Waals surface area contributed by atoms with Gasteiger partial charge in [-0.1, -0.05) is 12.8 Å². The van der Waals surface area contributed by atoms with Crippen LogP contribution in [0.3, 0.4) is 0 Å². The van der Waals surface area contributed by atoms with Crippen LogP contribution in [0.5, 0.6) is 0 Å². The van der Waals surface area contributed by atoms with Crippen LogP contribution in [0.25, 0.3) is 0 Å². The van der Waals surface area contributed by atoms with E-state index in [4.69, 9.17) is 0 Å². The summed E-state index contributed by atoms with van der Waals surface area (Å²) in [5.41, 5.74) is 0. The van der Waals surface area contributed by atoms with Gasteiger partial charge in [-0.2, -0.15) is 0 Å². The second-order valence-corrected chi connectivity index (χ2v) is 4.69. The molecule has 1 saturated carbocycles. The van der Waals surface area contributed by atoms with E-state index >= 15 is 0 Å². The minimum absolute atomic E-state index is 0.105. The Morgan fingerprint density at radius 1 is 0.857 bits per heavy atom. The van der Waals surface area contributed by atoms with Crippen molar-refractivity contribution in [1.82, 2.24) is 4.90 Å². The molecule has 82 valence electrons. The monoisotopic (exact) mass is 199 g/mol. The lowest BCUT2D eigenvalue weighted by molar-refractivity contribution is -0.0113. The number of likely N-dealkylation sites (tertiary alicyclic amines) is 1. The lowest BCUT2D eigenvalue weighted by atomic mass is 9.90. The Kier molecular flexibility index (Phi) is 3.42. The fourth-order valence-electron chi connectivity index (χ4n) is 2.74. The summed E-state index contributed by atoms with van der Waals surface area (Å²) in [5.74, 6) is 0. The first-order chi connectivity index (χ1) is 6.77. The third kappa shape index (κ3) is 2.27. The zero-order valence-corrected chi connectivity index (χ0v) is 8.73. The number of rotatable bonds is 1. The number of aliphatic hydroxyl groups is 2. The highest BCUT2D eigenvalue weighted by Crippen LogP contribution is 2.25. The van der Waals surface area contributed by atoms with E-state index in [1.54, 1.807) is 0 Å². The van der Waals surface area contributed by atoms with Crippen molar-refractivity contribution < 1.29 is 10.2 Å². The molecular weight excluding hydrogens is 178 g/mol. The third-order valence-electron chi connectivity index (χ3n) is 3.66. The van der Waals surface area contributed by atoms with Crippen LogP contribution in [0.15, 0.2) is 0 Å². The molecule has 0 aromatic heterocycles. The summed E-state index contributed by atoms with van der Waals surface area (Å²) in [4.78, 5) is 2.37. The van der Waals surface area contributed by atoms with Crippen molar-refractivity contribution >= 4 is 0 Å². The zero-order valence-electron chi connectivity index (χ0n) is 8.73. The second kappa shape index (κ2) is 4.60. The zero-order chi connectivity index (χ0) is 9.97. The molecule has 2 fully saturated rings. The Hall–Kier alpha value is -0.120. The van der Waals surface area contributed by atoms with Gasteiger partial charge in [0, 0.05) is 19.1 Å². The molecule has 0 aromatic rings. The molecule has 1 aliphatic carbocycles. The Morgan fingerprint density at radius 2 is 1.50 bits per heavy atom. The van der Waals surface area contributed by atoms with Gasteiger partial charge >= 0.3 is 0 Å². The van der Waals surface area contributed by atoms with Crippen molar-refractivity contribution in [2.24, 2.45) is 0 Å². The van der Waals surface area contributed by atoms with Gasteiger partial charge in [0.1, 0.15) is 0 Å². The first kappa shape index (κ1) is 10.4. The maximum atomic E-state index is 9.88. The second-order valence-electron chi connectivity index (χ2n) is 4.69. The van der Waals surface area contributed by atoms with Crippen molar-refractivity contribution in [1.29, 1.82) is 0 Å². The fraction of sp³-hybridized carbons (Fsp3) is 1.00. The van der Waals surface area contributed by atoms with Crippen molar-refractivity contribution in [2.45, 2.75) is 56.8 Å². The van der Waals surface area contributed by atoms with Gasteiger partial charge in [0.2, 0.25) is 0 Å². The Labute approximate surface area is 85.7 Å². The fourth-order valence-corrected chi connectivity index (χ4v) is 2.74. The Bertz CT molecular complexity index is 178. The van der Waals surface area contributed by atoms with E-state index in [2.05, 4.69) is 4.90 Å². The molecule has 3 heteroatoms. The number of nitrogens with zero attached hydrogens (tertiary/aromatic N) is 1. The molecule has 3 nitrogen and oxygen atoms in total. The van der Waals surface area contributed by atoms with Crippen LogP contribution < -0.4 is 0 Å². The predicted molar refractivity (Wildman–Crippen MR) is 55.1 cm³/mol. The van der Waals surface area contributed by atoms with Gasteiger partial charge in [-0.05, 0) is 25.7 Å². The maximum Gasteiger partial charge on any atom is 0.0695 e. The number of hydrogen-bond donors (Lipinski definition) is 2. The van der Waals surface area contributed by atoms with Crippen LogP contribution in [-0.2, 0) is 0 Å². The molecule has 2 aliphatic rings. The molecule has 2 atom stereocenters. The van der Waals surface area contributed by atoms with Crippen LogP contribution in [0.4, 0.5) is 0 Å². The van der Waals surface area contributed by atoms with Crippen LogP contribution in [0.2, 0.25) is 0 Å². The van der Waals surface area contributed by atoms with Gasteiger partial charge in [0.25, 0.3) is 0 Å². The highest BCUT2D eigenvalue weighted by molar-refractivity contribution is 4.85. The van der Waals surface area contributed by atoms with E-state index in [9.17, 15) is 10.2 Å². The number of hydrogen-bond acceptors (Lipinski definition) is 3. The average molecular weight is 199 g/mol. The molecule has 1 saturated heterocycles. The number of piperidine rings is 1. The summed E-state index contributed by atoms with van der Waals surface area (Å²) in [6, 6.07) is 0.372. The predicted octanol–water partition coefficient (Wildman–Crippen LogP) is 0.747. The van der Waals surface area contributed by atoms with E-state index in [0.717, 1.165) is 38.8 Å². The minimum Gasteiger partial charge on any atom is -0.393 e. The topological polar surface area (TPSA) is 43.7 Å². The molecular formula is C11H21NO2. The molecule has 2 rings (SSSR count). The van der Waals surface area contributed by atoms with Gasteiger partial charge in [0.05, 0.1) is 12.2 Å². The van der Waals surface area contributed by atoms with Crippen molar-refractivity contribution in [2.75, 3.05) is 13.1 Å². The van der Waals surface area contributed by atoms with E-state index in [1.807, 2.05) is 0 Å². The first-order valence-corrected chi connectivity index (χ1v) is 5.87. The van der Waals surface area contributed by atoms with Crippen molar-refractivity contribution in [3.05, 3.63) is 0 Å². The summed E-state index contributed by atoms with van der Waals surface area (Å²) in [7, 11) is 0. The molecule has 2 N–H and O–H groups in total. The summed E-state index contributed by atoms with van der Waals surface area (Å²) < 4.78 is 0. The molecule has 0 amide bonds. The third-order valence-corrected chi connectivity index (χ3v) is 3.66. The first-order valence-electron chi connectivity index (χ1n) is 5.87. The van der Waals surface area contributed by atoms with Crippen LogP contribution in [0, 0.1) is 0 Å². The quantitative estimate of drug-likeness (QED) is 0.655. The summed E-state index contributed by atoms with van der Waals surface area (Å²) in [5, 5.41) is 19.3. The van der Waals surface area contributed by atoms with E-state index < -0.39 is 0 Å². The van der Waals surface area contributed by atoms with Gasteiger partial charge in [-0.15, -0.1) is 0 Å². The molecule has 1 aliphatic heterocycles.